The van der Waals surface area contributed by atoms with Gasteiger partial charge in [-0.2, -0.15) is 0 Å². The standard InChI is InChI=1S/C19H20BrNO3/c1-4-21-16-8-6-5-7-13(16)14(19(21)22)9-12-10-17(23-2)18(24-3)11-15(12)20/h5-8,10-11,14H,4,9H2,1-3H3/t14-/m0/s1. The highest BCUT2D eigenvalue weighted by atomic mass is 79.9. The SMILES string of the molecule is CCN1C(=O)[C@@H](Cc2cc(OC)c(OC)cc2Br)c2ccccc21. The molecule has 3 rings (SSSR count). The largest absolute Gasteiger partial charge is 0.493 e. The van der Waals surface area contributed by atoms with Crippen LogP contribution in [0.2, 0.25) is 0 Å². The second kappa shape index (κ2) is 6.85. The van der Waals surface area contributed by atoms with Gasteiger partial charge in [0.1, 0.15) is 0 Å². The van der Waals surface area contributed by atoms with Crippen LogP contribution in [0, 0.1) is 0 Å². The van der Waals surface area contributed by atoms with Crippen LogP contribution >= 0.6 is 15.9 Å². The van der Waals surface area contributed by atoms with E-state index < -0.39 is 0 Å². The molecule has 0 saturated heterocycles. The number of halogens is 1. The molecule has 1 atom stereocenters. The van der Waals surface area contributed by atoms with Gasteiger partial charge in [-0.1, -0.05) is 34.1 Å². The van der Waals surface area contributed by atoms with E-state index in [9.17, 15) is 4.79 Å². The van der Waals surface area contributed by atoms with Crippen LogP contribution in [0.1, 0.15) is 24.0 Å². The monoisotopic (exact) mass is 389 g/mol. The molecule has 0 N–H and O–H groups in total. The molecule has 0 spiro atoms. The number of hydrogen-bond acceptors (Lipinski definition) is 3. The molecule has 1 aliphatic rings. The predicted octanol–water partition coefficient (Wildman–Crippen LogP) is 4.16. The molecule has 24 heavy (non-hydrogen) atoms. The zero-order chi connectivity index (χ0) is 17.3. The van der Waals surface area contributed by atoms with E-state index in [2.05, 4.69) is 15.9 Å². The van der Waals surface area contributed by atoms with Gasteiger partial charge in [0, 0.05) is 16.7 Å². The minimum atomic E-state index is -0.171. The van der Waals surface area contributed by atoms with Crippen molar-refractivity contribution in [3.63, 3.8) is 0 Å². The smallest absolute Gasteiger partial charge is 0.234 e. The van der Waals surface area contributed by atoms with Gasteiger partial charge < -0.3 is 14.4 Å². The molecule has 0 fully saturated rings. The van der Waals surface area contributed by atoms with E-state index in [4.69, 9.17) is 9.47 Å². The number of rotatable bonds is 5. The van der Waals surface area contributed by atoms with Gasteiger partial charge in [0.2, 0.25) is 5.91 Å². The van der Waals surface area contributed by atoms with E-state index in [1.54, 1.807) is 14.2 Å². The molecule has 0 bridgehead atoms. The van der Waals surface area contributed by atoms with Crippen LogP contribution in [0.5, 0.6) is 11.5 Å². The van der Waals surface area contributed by atoms with E-state index in [0.29, 0.717) is 24.5 Å². The maximum absolute atomic E-state index is 12.8. The topological polar surface area (TPSA) is 38.8 Å². The first-order valence-corrected chi connectivity index (χ1v) is 8.70. The Bertz CT molecular complexity index is 775. The zero-order valence-electron chi connectivity index (χ0n) is 14.0. The van der Waals surface area contributed by atoms with Crippen LogP contribution in [0.15, 0.2) is 40.9 Å². The van der Waals surface area contributed by atoms with Crippen LogP contribution in [0.25, 0.3) is 0 Å². The number of amides is 1. The first-order valence-electron chi connectivity index (χ1n) is 7.91. The summed E-state index contributed by atoms with van der Waals surface area (Å²) in [6.45, 7) is 2.68. The number of methoxy groups -OCH3 is 2. The van der Waals surface area contributed by atoms with E-state index in [0.717, 1.165) is 21.3 Å². The Morgan fingerprint density at radius 2 is 1.79 bits per heavy atom. The molecule has 0 saturated carbocycles. The van der Waals surface area contributed by atoms with Gasteiger partial charge in [-0.3, -0.25) is 4.79 Å². The molecule has 0 aromatic heterocycles. The Labute approximate surface area is 150 Å². The normalized spacial score (nSPS) is 16.2. The fourth-order valence-electron chi connectivity index (χ4n) is 3.26. The van der Waals surface area contributed by atoms with E-state index in [-0.39, 0.29) is 11.8 Å². The van der Waals surface area contributed by atoms with Gasteiger partial charge in [0.25, 0.3) is 0 Å². The van der Waals surface area contributed by atoms with E-state index in [1.165, 1.54) is 0 Å². The van der Waals surface area contributed by atoms with Crippen LogP contribution in [-0.4, -0.2) is 26.7 Å². The zero-order valence-corrected chi connectivity index (χ0v) is 15.6. The van der Waals surface area contributed by atoms with Crippen LogP contribution < -0.4 is 14.4 Å². The van der Waals surface area contributed by atoms with Crippen molar-refractivity contribution in [3.05, 3.63) is 52.0 Å². The number of nitrogens with zero attached hydrogens (tertiary/aromatic N) is 1. The van der Waals surface area contributed by atoms with Crippen LogP contribution in [-0.2, 0) is 11.2 Å². The number of anilines is 1. The molecule has 2 aromatic carbocycles. The summed E-state index contributed by atoms with van der Waals surface area (Å²) >= 11 is 3.59. The third-order valence-corrected chi connectivity index (χ3v) is 5.20. The van der Waals surface area contributed by atoms with E-state index in [1.807, 2.05) is 48.2 Å². The number of carbonyl (C=O) groups is 1. The van der Waals surface area contributed by atoms with Crippen molar-refractivity contribution in [2.45, 2.75) is 19.3 Å². The number of hydrogen-bond donors (Lipinski definition) is 0. The van der Waals surface area contributed by atoms with Crippen molar-refractivity contribution in [1.82, 2.24) is 0 Å². The number of para-hydroxylation sites is 1. The fraction of sp³-hybridized carbons (Fsp3) is 0.316. The molecule has 5 heteroatoms. The molecule has 1 aliphatic heterocycles. The minimum absolute atomic E-state index is 0.153. The minimum Gasteiger partial charge on any atom is -0.493 e. The molecule has 2 aromatic rings. The second-order valence-electron chi connectivity index (χ2n) is 5.70. The first kappa shape index (κ1) is 16.8. The molecule has 4 nitrogen and oxygen atoms in total. The Hall–Kier alpha value is -2.01. The van der Waals surface area contributed by atoms with Gasteiger partial charge in [-0.25, -0.2) is 0 Å². The van der Waals surface area contributed by atoms with Gasteiger partial charge in [-0.15, -0.1) is 0 Å². The van der Waals surface area contributed by atoms with Gasteiger partial charge in [0.05, 0.1) is 20.1 Å². The average Bonchev–Trinajstić information content (AvgIpc) is 2.87. The third-order valence-electron chi connectivity index (χ3n) is 4.46. The molecule has 0 unspecified atom stereocenters. The highest BCUT2D eigenvalue weighted by molar-refractivity contribution is 9.10. The molecule has 1 amide bonds. The van der Waals surface area contributed by atoms with E-state index >= 15 is 0 Å². The number of benzene rings is 2. The average molecular weight is 390 g/mol. The van der Waals surface area contributed by atoms with Crippen molar-refractivity contribution in [3.8, 4) is 11.5 Å². The maximum atomic E-state index is 12.8. The molecule has 0 radical (unpaired) electrons. The Morgan fingerprint density at radius 1 is 1.12 bits per heavy atom. The summed E-state index contributed by atoms with van der Waals surface area (Å²) in [7, 11) is 3.23. The second-order valence-corrected chi connectivity index (χ2v) is 6.55. The lowest BCUT2D eigenvalue weighted by atomic mass is 9.93. The first-order chi connectivity index (χ1) is 11.6. The maximum Gasteiger partial charge on any atom is 0.234 e. The summed E-state index contributed by atoms with van der Waals surface area (Å²) in [4.78, 5) is 14.7. The van der Waals surface area contributed by atoms with Gasteiger partial charge in [0.15, 0.2) is 11.5 Å². The summed E-state index contributed by atoms with van der Waals surface area (Å²) in [5.41, 5.74) is 3.14. The highest BCUT2D eigenvalue weighted by Gasteiger charge is 2.36. The van der Waals surface area contributed by atoms with Crippen molar-refractivity contribution in [2.75, 3.05) is 25.7 Å². The number of carbonyl (C=O) groups excluding carboxylic acids is 1. The quantitative estimate of drug-likeness (QED) is 0.770. The molecule has 1 heterocycles. The summed E-state index contributed by atoms with van der Waals surface area (Å²) in [6, 6.07) is 11.8. The van der Waals surface area contributed by atoms with Gasteiger partial charge in [-0.05, 0) is 42.7 Å². The predicted molar refractivity (Wildman–Crippen MR) is 98.2 cm³/mol. The number of likely N-dealkylation sites (N-methyl/N-ethyl adjacent to an activating group) is 1. The summed E-state index contributed by atoms with van der Waals surface area (Å²) < 4.78 is 11.6. The Balaban J connectivity index is 1.98. The fourth-order valence-corrected chi connectivity index (χ4v) is 3.75. The third kappa shape index (κ3) is 2.77. The number of fused-ring (bicyclic) bond motifs is 1. The van der Waals surface area contributed by atoms with Crippen molar-refractivity contribution in [1.29, 1.82) is 0 Å². The van der Waals surface area contributed by atoms with Crippen molar-refractivity contribution < 1.29 is 14.3 Å². The number of ether oxygens (including phenoxy) is 2. The summed E-state index contributed by atoms with van der Waals surface area (Å²) in [5, 5.41) is 0. The molecule has 0 aliphatic carbocycles. The van der Waals surface area contributed by atoms with Gasteiger partial charge >= 0.3 is 0 Å². The van der Waals surface area contributed by atoms with Crippen molar-refractivity contribution >= 4 is 27.5 Å². The van der Waals surface area contributed by atoms with Crippen molar-refractivity contribution in [2.24, 2.45) is 0 Å². The molecular formula is C19H20BrNO3. The van der Waals surface area contributed by atoms with Crippen LogP contribution in [0.4, 0.5) is 5.69 Å². The van der Waals surface area contributed by atoms with Crippen LogP contribution in [0.3, 0.4) is 0 Å². The Kier molecular flexibility index (Phi) is 4.81. The molecular weight excluding hydrogens is 370 g/mol. The lowest BCUT2D eigenvalue weighted by molar-refractivity contribution is -0.119. The molecule has 126 valence electrons. The highest BCUT2D eigenvalue weighted by Crippen LogP contribution is 2.41. The lowest BCUT2D eigenvalue weighted by Gasteiger charge is -2.16. The summed E-state index contributed by atoms with van der Waals surface area (Å²) in [6.07, 6.45) is 0.618. The summed E-state index contributed by atoms with van der Waals surface area (Å²) in [5.74, 6) is 1.32. The lowest BCUT2D eigenvalue weighted by Crippen LogP contribution is -2.29. The Morgan fingerprint density at radius 3 is 2.46 bits per heavy atom.